The van der Waals surface area contributed by atoms with Gasteiger partial charge in [-0.3, -0.25) is 10.1 Å². The number of nitro groups is 1. The number of hydrogen-bond donors (Lipinski definition) is 0. The minimum atomic E-state index is -0.612. The molecule has 0 spiro atoms. The lowest BCUT2D eigenvalue weighted by Crippen LogP contribution is -2.23. The van der Waals surface area contributed by atoms with Crippen LogP contribution >= 0.6 is 0 Å². The van der Waals surface area contributed by atoms with Gasteiger partial charge in [-0.05, 0) is 18.2 Å². The van der Waals surface area contributed by atoms with Crippen molar-refractivity contribution < 1.29 is 18.9 Å². The molecule has 0 radical (unpaired) electrons. The van der Waals surface area contributed by atoms with Gasteiger partial charge in [0.2, 0.25) is 0 Å². The molecular formula is C15H13FN2O4. The Hall–Kier alpha value is -2.80. The SMILES string of the molecule is CN(Cc1cc([N+](=O)[O-])ccc1F)OC(=O)c1ccccc1. The van der Waals surface area contributed by atoms with Crippen LogP contribution in [0.25, 0.3) is 0 Å². The van der Waals surface area contributed by atoms with Crippen LogP contribution in [0.5, 0.6) is 0 Å². The van der Waals surface area contributed by atoms with Crippen LogP contribution in [0.1, 0.15) is 15.9 Å². The Kier molecular flexibility index (Phi) is 4.80. The van der Waals surface area contributed by atoms with Crippen LogP contribution in [0.15, 0.2) is 48.5 Å². The summed E-state index contributed by atoms with van der Waals surface area (Å²) in [6.45, 7) is -0.105. The Balaban J connectivity index is 2.06. The predicted octanol–water partition coefficient (Wildman–Crippen LogP) is 2.94. The summed E-state index contributed by atoms with van der Waals surface area (Å²) in [5.74, 6) is -1.19. The highest BCUT2D eigenvalue weighted by Crippen LogP contribution is 2.18. The van der Waals surface area contributed by atoms with Crippen LogP contribution < -0.4 is 0 Å². The van der Waals surface area contributed by atoms with Crippen LogP contribution in [0.4, 0.5) is 10.1 Å². The zero-order valence-corrected chi connectivity index (χ0v) is 11.7. The lowest BCUT2D eigenvalue weighted by molar-refractivity contribution is -0.385. The smallest absolute Gasteiger partial charge is 0.357 e. The van der Waals surface area contributed by atoms with Gasteiger partial charge < -0.3 is 4.84 Å². The topological polar surface area (TPSA) is 72.7 Å². The highest BCUT2D eigenvalue weighted by molar-refractivity contribution is 5.89. The summed E-state index contributed by atoms with van der Waals surface area (Å²) in [6, 6.07) is 11.5. The summed E-state index contributed by atoms with van der Waals surface area (Å²) < 4.78 is 13.7. The molecule has 2 aromatic carbocycles. The molecule has 0 amide bonds. The van der Waals surface area contributed by atoms with Crippen LogP contribution in [-0.2, 0) is 11.4 Å². The number of carbonyl (C=O) groups excluding carboxylic acids is 1. The Morgan fingerprint density at radius 2 is 1.95 bits per heavy atom. The fourth-order valence-electron chi connectivity index (χ4n) is 1.84. The Bertz CT molecular complexity index is 691. The molecule has 0 fully saturated rings. The fraction of sp³-hybridized carbons (Fsp3) is 0.133. The summed E-state index contributed by atoms with van der Waals surface area (Å²) in [6.07, 6.45) is 0. The van der Waals surface area contributed by atoms with Gasteiger partial charge in [-0.2, -0.15) is 0 Å². The molecule has 0 heterocycles. The number of hydroxylamine groups is 2. The summed E-state index contributed by atoms with van der Waals surface area (Å²) in [5, 5.41) is 11.8. The maximum absolute atomic E-state index is 13.7. The average Bonchev–Trinajstić information content (AvgIpc) is 2.50. The normalized spacial score (nSPS) is 10.5. The van der Waals surface area contributed by atoms with Crippen LogP contribution in [0, 0.1) is 15.9 Å². The van der Waals surface area contributed by atoms with Gasteiger partial charge in [0.1, 0.15) is 5.82 Å². The molecule has 0 bridgehead atoms. The van der Waals surface area contributed by atoms with E-state index in [4.69, 9.17) is 4.84 Å². The number of benzene rings is 2. The minimum Gasteiger partial charge on any atom is -0.364 e. The highest BCUT2D eigenvalue weighted by atomic mass is 19.1. The van der Waals surface area contributed by atoms with E-state index in [0.717, 1.165) is 23.3 Å². The molecule has 0 unspecified atom stereocenters. The first-order valence-electron chi connectivity index (χ1n) is 6.38. The Morgan fingerprint density at radius 1 is 1.27 bits per heavy atom. The monoisotopic (exact) mass is 304 g/mol. The second-order valence-corrected chi connectivity index (χ2v) is 4.56. The molecule has 0 aromatic heterocycles. The van der Waals surface area contributed by atoms with E-state index in [9.17, 15) is 19.3 Å². The minimum absolute atomic E-state index is 0.0672. The largest absolute Gasteiger partial charge is 0.364 e. The maximum atomic E-state index is 13.7. The van der Waals surface area contributed by atoms with Crippen molar-refractivity contribution in [1.82, 2.24) is 5.06 Å². The molecule has 2 rings (SSSR count). The van der Waals surface area contributed by atoms with E-state index in [-0.39, 0.29) is 17.8 Å². The van der Waals surface area contributed by atoms with E-state index in [1.807, 2.05) is 0 Å². The molecular weight excluding hydrogens is 291 g/mol. The number of hydrogen-bond acceptors (Lipinski definition) is 5. The number of halogens is 1. The van der Waals surface area contributed by atoms with E-state index in [0.29, 0.717) is 5.56 Å². The van der Waals surface area contributed by atoms with Gasteiger partial charge in [-0.25, -0.2) is 9.18 Å². The quantitative estimate of drug-likeness (QED) is 0.627. The highest BCUT2D eigenvalue weighted by Gasteiger charge is 2.15. The number of rotatable bonds is 5. The van der Waals surface area contributed by atoms with Crippen molar-refractivity contribution in [1.29, 1.82) is 0 Å². The Morgan fingerprint density at radius 3 is 2.59 bits per heavy atom. The third-order valence-electron chi connectivity index (χ3n) is 2.88. The molecule has 0 atom stereocenters. The molecule has 0 saturated heterocycles. The molecule has 114 valence electrons. The van der Waals surface area contributed by atoms with Gasteiger partial charge in [0.15, 0.2) is 0 Å². The lowest BCUT2D eigenvalue weighted by Gasteiger charge is -2.16. The number of nitrogens with zero attached hydrogens (tertiary/aromatic N) is 2. The van der Waals surface area contributed by atoms with Crippen LogP contribution in [-0.4, -0.2) is 23.0 Å². The summed E-state index contributed by atoms with van der Waals surface area (Å²) >= 11 is 0. The van der Waals surface area contributed by atoms with Gasteiger partial charge >= 0.3 is 5.97 Å². The summed E-state index contributed by atoms with van der Waals surface area (Å²) in [5.41, 5.74) is 0.200. The van der Waals surface area contributed by atoms with Gasteiger partial charge in [-0.15, -0.1) is 5.06 Å². The first-order chi connectivity index (χ1) is 10.5. The van der Waals surface area contributed by atoms with Gasteiger partial charge in [0.05, 0.1) is 17.0 Å². The molecule has 22 heavy (non-hydrogen) atoms. The van der Waals surface area contributed by atoms with Crippen LogP contribution in [0.3, 0.4) is 0 Å². The first kappa shape index (κ1) is 15.6. The zero-order valence-electron chi connectivity index (χ0n) is 11.7. The van der Waals surface area contributed by atoms with E-state index in [1.54, 1.807) is 30.3 Å². The molecule has 0 aliphatic rings. The van der Waals surface area contributed by atoms with Gasteiger partial charge in [-0.1, -0.05) is 18.2 Å². The summed E-state index contributed by atoms with van der Waals surface area (Å²) in [7, 11) is 1.44. The second kappa shape index (κ2) is 6.77. The molecule has 7 heteroatoms. The zero-order chi connectivity index (χ0) is 16.1. The molecule has 0 aliphatic carbocycles. The van der Waals surface area contributed by atoms with E-state index in [2.05, 4.69) is 0 Å². The molecule has 0 aliphatic heterocycles. The standard InChI is InChI=1S/C15H13FN2O4/c1-17(22-15(19)11-5-3-2-4-6-11)10-12-9-13(18(20)21)7-8-14(12)16/h2-9H,10H2,1H3. The maximum Gasteiger partial charge on any atom is 0.357 e. The van der Waals surface area contributed by atoms with Crippen molar-refractivity contribution in [3.8, 4) is 0 Å². The van der Waals surface area contributed by atoms with E-state index in [1.165, 1.54) is 7.05 Å². The van der Waals surface area contributed by atoms with Gasteiger partial charge in [0, 0.05) is 24.7 Å². The number of carbonyl (C=O) groups is 1. The van der Waals surface area contributed by atoms with Gasteiger partial charge in [0.25, 0.3) is 5.69 Å². The number of nitro benzene ring substituents is 1. The van der Waals surface area contributed by atoms with Crippen molar-refractivity contribution in [2.24, 2.45) is 0 Å². The third kappa shape index (κ3) is 3.86. The predicted molar refractivity (Wildman–Crippen MR) is 76.4 cm³/mol. The van der Waals surface area contributed by atoms with Crippen molar-refractivity contribution >= 4 is 11.7 Å². The molecule has 2 aromatic rings. The molecule has 0 saturated carbocycles. The fourth-order valence-corrected chi connectivity index (χ4v) is 1.84. The van der Waals surface area contributed by atoms with Crippen molar-refractivity contribution in [2.45, 2.75) is 6.54 Å². The molecule has 0 N–H and O–H groups in total. The van der Waals surface area contributed by atoms with Crippen molar-refractivity contribution in [3.05, 3.63) is 75.6 Å². The average molecular weight is 304 g/mol. The first-order valence-corrected chi connectivity index (χ1v) is 6.38. The molecule has 6 nitrogen and oxygen atoms in total. The second-order valence-electron chi connectivity index (χ2n) is 4.56. The van der Waals surface area contributed by atoms with Crippen molar-refractivity contribution in [3.63, 3.8) is 0 Å². The Labute approximate surface area is 125 Å². The van der Waals surface area contributed by atoms with E-state index < -0.39 is 16.7 Å². The lowest BCUT2D eigenvalue weighted by atomic mass is 10.2. The van der Waals surface area contributed by atoms with Crippen molar-refractivity contribution in [2.75, 3.05) is 7.05 Å². The van der Waals surface area contributed by atoms with E-state index >= 15 is 0 Å². The number of non-ortho nitro benzene ring substituents is 1. The third-order valence-corrected chi connectivity index (χ3v) is 2.88. The summed E-state index contributed by atoms with van der Waals surface area (Å²) in [4.78, 5) is 27.0. The van der Waals surface area contributed by atoms with Crippen LogP contribution in [0.2, 0.25) is 0 Å².